The third-order valence-corrected chi connectivity index (χ3v) is 5.22. The number of hydrogen-bond donors (Lipinski definition) is 1. The number of rotatable bonds is 1. The zero-order valence-electron chi connectivity index (χ0n) is 10.1. The summed E-state index contributed by atoms with van der Waals surface area (Å²) in [6.45, 7) is 8.82. The third kappa shape index (κ3) is 1.53. The van der Waals surface area contributed by atoms with Crippen molar-refractivity contribution in [1.29, 1.82) is 0 Å². The van der Waals surface area contributed by atoms with Crippen LogP contribution >= 0.6 is 0 Å². The third-order valence-electron chi connectivity index (χ3n) is 5.22. The molecule has 2 saturated heterocycles. The van der Waals surface area contributed by atoms with Crippen LogP contribution in [0.15, 0.2) is 0 Å². The topological polar surface area (TPSA) is 15.3 Å². The largest absolute Gasteiger partial charge is 0.316 e. The molecule has 0 amide bonds. The van der Waals surface area contributed by atoms with Crippen molar-refractivity contribution in [3.05, 3.63) is 0 Å². The van der Waals surface area contributed by atoms with E-state index in [1.807, 2.05) is 0 Å². The summed E-state index contributed by atoms with van der Waals surface area (Å²) >= 11 is 0. The van der Waals surface area contributed by atoms with Gasteiger partial charge in [0.2, 0.25) is 0 Å². The second kappa shape index (κ2) is 3.74. The normalized spacial score (nSPS) is 51.2. The maximum absolute atomic E-state index is 3.55. The maximum Gasteiger partial charge on any atom is 0.0124 e. The average molecular weight is 208 g/mol. The molecule has 1 N–H and O–H groups in total. The van der Waals surface area contributed by atoms with Gasteiger partial charge in [0, 0.05) is 18.6 Å². The first-order valence-corrected chi connectivity index (χ1v) is 6.74. The molecule has 0 aromatic carbocycles. The van der Waals surface area contributed by atoms with Gasteiger partial charge in [-0.3, -0.25) is 4.90 Å². The predicted octanol–water partition coefficient (Wildman–Crippen LogP) is 1.71. The molecule has 2 nitrogen and oxygen atoms in total. The Balaban J connectivity index is 1.72. The van der Waals surface area contributed by atoms with E-state index in [9.17, 15) is 0 Å². The first-order valence-electron chi connectivity index (χ1n) is 6.74. The molecule has 86 valence electrons. The molecule has 0 radical (unpaired) electrons. The molecular weight excluding hydrogens is 184 g/mol. The predicted molar refractivity (Wildman–Crippen MR) is 62.8 cm³/mol. The molecule has 3 rings (SSSR count). The van der Waals surface area contributed by atoms with Crippen LogP contribution in [0.1, 0.15) is 33.1 Å². The van der Waals surface area contributed by atoms with Gasteiger partial charge >= 0.3 is 0 Å². The molecule has 1 saturated carbocycles. The maximum atomic E-state index is 3.55. The standard InChI is InChI=1S/C13H24N2/c1-9-4-3-5-13(9)15-8-11-6-14-7-12(11)10(15)2/h9-14H,3-8H2,1-2H3. The van der Waals surface area contributed by atoms with Crippen molar-refractivity contribution in [1.82, 2.24) is 10.2 Å². The highest BCUT2D eigenvalue weighted by Crippen LogP contribution is 2.39. The highest BCUT2D eigenvalue weighted by atomic mass is 15.2. The molecule has 0 bridgehead atoms. The lowest BCUT2D eigenvalue weighted by Crippen LogP contribution is -2.42. The minimum Gasteiger partial charge on any atom is -0.316 e. The Morgan fingerprint density at radius 2 is 2.00 bits per heavy atom. The Hall–Kier alpha value is -0.0800. The monoisotopic (exact) mass is 208 g/mol. The van der Waals surface area contributed by atoms with Crippen molar-refractivity contribution in [2.45, 2.75) is 45.2 Å². The van der Waals surface area contributed by atoms with Crippen LogP contribution in [0, 0.1) is 17.8 Å². The van der Waals surface area contributed by atoms with E-state index in [1.165, 1.54) is 38.9 Å². The van der Waals surface area contributed by atoms with Gasteiger partial charge in [-0.15, -0.1) is 0 Å². The summed E-state index contributed by atoms with van der Waals surface area (Å²) in [4.78, 5) is 2.84. The molecule has 1 aliphatic carbocycles. The summed E-state index contributed by atoms with van der Waals surface area (Å²) in [6, 6.07) is 1.74. The quantitative estimate of drug-likeness (QED) is 0.706. The van der Waals surface area contributed by atoms with Crippen LogP contribution in [0.25, 0.3) is 0 Å². The van der Waals surface area contributed by atoms with E-state index < -0.39 is 0 Å². The van der Waals surface area contributed by atoms with E-state index in [2.05, 4.69) is 24.1 Å². The van der Waals surface area contributed by atoms with Gasteiger partial charge in [-0.1, -0.05) is 13.3 Å². The molecule has 3 fully saturated rings. The van der Waals surface area contributed by atoms with Crippen LogP contribution in [-0.2, 0) is 0 Å². The molecule has 15 heavy (non-hydrogen) atoms. The van der Waals surface area contributed by atoms with Crippen molar-refractivity contribution in [3.8, 4) is 0 Å². The Labute approximate surface area is 93.4 Å². The Bertz CT molecular complexity index is 241. The van der Waals surface area contributed by atoms with Crippen molar-refractivity contribution in [2.24, 2.45) is 17.8 Å². The molecule has 3 aliphatic rings. The first kappa shape index (κ1) is 10.1. The molecule has 0 spiro atoms. The van der Waals surface area contributed by atoms with E-state index in [4.69, 9.17) is 0 Å². The van der Waals surface area contributed by atoms with Gasteiger partial charge in [0.25, 0.3) is 0 Å². The van der Waals surface area contributed by atoms with Crippen LogP contribution in [-0.4, -0.2) is 36.6 Å². The molecular formula is C13H24N2. The minimum absolute atomic E-state index is 0.829. The number of nitrogens with zero attached hydrogens (tertiary/aromatic N) is 1. The van der Waals surface area contributed by atoms with Crippen LogP contribution in [0.2, 0.25) is 0 Å². The molecule has 5 unspecified atom stereocenters. The van der Waals surface area contributed by atoms with Crippen molar-refractivity contribution >= 4 is 0 Å². The fourth-order valence-corrected chi connectivity index (χ4v) is 4.26. The summed E-state index contributed by atoms with van der Waals surface area (Å²) in [6.07, 6.45) is 4.38. The van der Waals surface area contributed by atoms with Crippen molar-refractivity contribution in [3.63, 3.8) is 0 Å². The number of hydrogen-bond acceptors (Lipinski definition) is 2. The molecule has 5 atom stereocenters. The summed E-state index contributed by atoms with van der Waals surface area (Å²) in [7, 11) is 0. The van der Waals surface area contributed by atoms with Gasteiger partial charge in [-0.05, 0) is 50.6 Å². The van der Waals surface area contributed by atoms with E-state index in [0.29, 0.717) is 0 Å². The van der Waals surface area contributed by atoms with Crippen LogP contribution in [0.5, 0.6) is 0 Å². The minimum atomic E-state index is 0.829. The zero-order valence-corrected chi connectivity index (χ0v) is 10.1. The highest BCUT2D eigenvalue weighted by Gasteiger charge is 2.45. The van der Waals surface area contributed by atoms with E-state index in [0.717, 1.165) is 29.8 Å². The van der Waals surface area contributed by atoms with Gasteiger partial charge in [0.1, 0.15) is 0 Å². The van der Waals surface area contributed by atoms with Crippen LogP contribution in [0.4, 0.5) is 0 Å². The Morgan fingerprint density at radius 1 is 1.13 bits per heavy atom. The number of likely N-dealkylation sites (tertiary alicyclic amines) is 1. The average Bonchev–Trinajstić information content (AvgIpc) is 2.85. The second-order valence-corrected chi connectivity index (χ2v) is 6.00. The number of nitrogens with one attached hydrogen (secondary N) is 1. The summed E-state index contributed by atoms with van der Waals surface area (Å²) < 4.78 is 0. The van der Waals surface area contributed by atoms with Gasteiger partial charge in [0.15, 0.2) is 0 Å². The lowest BCUT2D eigenvalue weighted by Gasteiger charge is -2.33. The summed E-state index contributed by atoms with van der Waals surface area (Å²) in [5.41, 5.74) is 0. The second-order valence-electron chi connectivity index (χ2n) is 6.00. The van der Waals surface area contributed by atoms with Gasteiger partial charge in [-0.2, -0.15) is 0 Å². The molecule has 2 heterocycles. The van der Waals surface area contributed by atoms with Crippen LogP contribution in [0.3, 0.4) is 0 Å². The zero-order chi connectivity index (χ0) is 10.4. The molecule has 0 aromatic heterocycles. The van der Waals surface area contributed by atoms with Crippen molar-refractivity contribution < 1.29 is 0 Å². The Morgan fingerprint density at radius 3 is 2.67 bits per heavy atom. The van der Waals surface area contributed by atoms with E-state index >= 15 is 0 Å². The fraction of sp³-hybridized carbons (Fsp3) is 1.00. The lowest BCUT2D eigenvalue weighted by atomic mass is 9.95. The number of fused-ring (bicyclic) bond motifs is 1. The first-order chi connectivity index (χ1) is 7.27. The van der Waals surface area contributed by atoms with E-state index in [-0.39, 0.29) is 0 Å². The summed E-state index contributed by atoms with van der Waals surface area (Å²) in [5.74, 6) is 2.84. The highest BCUT2D eigenvalue weighted by molar-refractivity contribution is 5.00. The SMILES string of the molecule is CC1CCCC1N1CC2CNCC2C1C. The molecule has 2 heteroatoms. The van der Waals surface area contributed by atoms with E-state index in [1.54, 1.807) is 0 Å². The van der Waals surface area contributed by atoms with Gasteiger partial charge in [-0.25, -0.2) is 0 Å². The van der Waals surface area contributed by atoms with Crippen LogP contribution < -0.4 is 5.32 Å². The van der Waals surface area contributed by atoms with Crippen molar-refractivity contribution in [2.75, 3.05) is 19.6 Å². The van der Waals surface area contributed by atoms with Gasteiger partial charge in [0.05, 0.1) is 0 Å². The summed E-state index contributed by atoms with van der Waals surface area (Å²) in [5, 5.41) is 3.55. The molecule has 0 aromatic rings. The lowest BCUT2D eigenvalue weighted by molar-refractivity contribution is 0.143. The fourth-order valence-electron chi connectivity index (χ4n) is 4.26. The molecule has 2 aliphatic heterocycles. The smallest absolute Gasteiger partial charge is 0.0124 e. The Kier molecular flexibility index (Phi) is 2.52. The van der Waals surface area contributed by atoms with Gasteiger partial charge < -0.3 is 5.32 Å².